The van der Waals surface area contributed by atoms with Gasteiger partial charge in [0.15, 0.2) is 0 Å². The van der Waals surface area contributed by atoms with Crippen LogP contribution in [-0.4, -0.2) is 30.8 Å². The van der Waals surface area contributed by atoms with Gasteiger partial charge in [-0.25, -0.2) is 9.59 Å². The summed E-state index contributed by atoms with van der Waals surface area (Å²) < 4.78 is 17.6. The van der Waals surface area contributed by atoms with Gasteiger partial charge < -0.3 is 14.2 Å². The lowest BCUT2D eigenvalue weighted by atomic mass is 9.64. The Morgan fingerprint density at radius 3 is 1.50 bits per heavy atom. The van der Waals surface area contributed by atoms with Crippen molar-refractivity contribution in [3.8, 4) is 0 Å². The number of fused-ring (bicyclic) bond motifs is 4. The van der Waals surface area contributed by atoms with E-state index in [1.54, 1.807) is 13.8 Å². The summed E-state index contributed by atoms with van der Waals surface area (Å²) in [6.07, 6.45) is -0.626. The van der Waals surface area contributed by atoms with Crippen molar-refractivity contribution in [2.75, 3.05) is 13.2 Å². The van der Waals surface area contributed by atoms with Crippen molar-refractivity contribution in [2.24, 2.45) is 0 Å². The average Bonchev–Trinajstić information content (AvgIpc) is 2.94. The topological polar surface area (TPSA) is 61.8 Å². The van der Waals surface area contributed by atoms with E-state index in [1.807, 2.05) is 30.3 Å². The van der Waals surface area contributed by atoms with E-state index in [0.29, 0.717) is 0 Å². The molecule has 2 heterocycles. The number of hydrogen-bond acceptors (Lipinski definition) is 5. The van der Waals surface area contributed by atoms with E-state index in [-0.39, 0.29) is 13.2 Å². The molecule has 0 spiro atoms. The summed E-state index contributed by atoms with van der Waals surface area (Å²) >= 11 is 0. The van der Waals surface area contributed by atoms with Crippen LogP contribution in [0.1, 0.15) is 48.1 Å². The highest BCUT2D eigenvalue weighted by Crippen LogP contribution is 2.58. The van der Waals surface area contributed by atoms with Crippen LogP contribution < -0.4 is 0 Å². The third-order valence-electron chi connectivity index (χ3n) is 7.91. The first-order valence-corrected chi connectivity index (χ1v) is 13.1. The zero-order chi connectivity index (χ0) is 26.0. The summed E-state index contributed by atoms with van der Waals surface area (Å²) in [6, 6.07) is 29.2. The highest BCUT2D eigenvalue weighted by atomic mass is 16.6. The molecule has 3 aliphatic rings. The first-order chi connectivity index (χ1) is 18.5. The standard InChI is InChI=1S/C33H26O5/c1-3-36-31(34)33(32(35)37-4-2)29-25-15-21-11-7-8-12-22(21)16-27(25)30(38-33)28-18-24-14-20-10-6-5-9-19(20)13-23(24)17-26(28)29/h5-18,29-30H,3-4H2,1-2H3. The lowest BCUT2D eigenvalue weighted by molar-refractivity contribution is -0.204. The van der Waals surface area contributed by atoms with Gasteiger partial charge in [-0.05, 0) is 98.8 Å². The number of carbonyl (C=O) groups excluding carboxylic acids is 2. The maximum Gasteiger partial charge on any atom is 0.351 e. The second kappa shape index (κ2) is 8.40. The van der Waals surface area contributed by atoms with Crippen LogP contribution in [0.15, 0.2) is 84.9 Å². The number of esters is 2. The molecule has 188 valence electrons. The van der Waals surface area contributed by atoms with Crippen LogP contribution in [0.3, 0.4) is 0 Å². The summed E-state index contributed by atoms with van der Waals surface area (Å²) in [4.78, 5) is 27.4. The van der Waals surface area contributed by atoms with Crippen molar-refractivity contribution in [3.05, 3.63) is 107 Å². The quantitative estimate of drug-likeness (QED) is 0.158. The van der Waals surface area contributed by atoms with Crippen LogP contribution in [0.2, 0.25) is 0 Å². The van der Waals surface area contributed by atoms with Crippen molar-refractivity contribution in [3.63, 3.8) is 0 Å². The van der Waals surface area contributed by atoms with Crippen LogP contribution in [0.5, 0.6) is 0 Å². The number of hydrogen-bond donors (Lipinski definition) is 0. The minimum atomic E-state index is -1.93. The molecule has 0 aromatic heterocycles. The summed E-state index contributed by atoms with van der Waals surface area (Å²) in [5, 5.41) is 6.52. The lowest BCUT2D eigenvalue weighted by Crippen LogP contribution is -2.60. The molecule has 0 saturated carbocycles. The Morgan fingerprint density at radius 1 is 0.632 bits per heavy atom. The van der Waals surface area contributed by atoms with Gasteiger partial charge in [-0.1, -0.05) is 54.6 Å². The summed E-state index contributed by atoms with van der Waals surface area (Å²) in [7, 11) is 0. The van der Waals surface area contributed by atoms with Crippen molar-refractivity contribution < 1.29 is 23.8 Å². The Labute approximate surface area is 219 Å². The first kappa shape index (κ1) is 22.9. The highest BCUT2D eigenvalue weighted by Gasteiger charge is 2.65. The Hall–Kier alpha value is -4.22. The highest BCUT2D eigenvalue weighted by molar-refractivity contribution is 6.08. The van der Waals surface area contributed by atoms with Crippen molar-refractivity contribution in [1.82, 2.24) is 0 Å². The molecule has 5 aromatic rings. The molecule has 2 atom stereocenters. The van der Waals surface area contributed by atoms with E-state index in [4.69, 9.17) is 14.2 Å². The average molecular weight is 503 g/mol. The van der Waals surface area contributed by atoms with Crippen molar-refractivity contribution >= 4 is 44.3 Å². The monoisotopic (exact) mass is 502 g/mol. The van der Waals surface area contributed by atoms with E-state index >= 15 is 0 Å². The van der Waals surface area contributed by atoms with Crippen LogP contribution in [0, 0.1) is 0 Å². The predicted molar refractivity (Wildman–Crippen MR) is 146 cm³/mol. The minimum Gasteiger partial charge on any atom is -0.463 e. The number of benzene rings is 5. The second-order valence-electron chi connectivity index (χ2n) is 9.96. The molecular weight excluding hydrogens is 476 g/mol. The van der Waals surface area contributed by atoms with Gasteiger partial charge in [-0.2, -0.15) is 0 Å². The molecule has 1 aliphatic carbocycles. The zero-order valence-electron chi connectivity index (χ0n) is 21.2. The molecule has 5 nitrogen and oxygen atoms in total. The van der Waals surface area contributed by atoms with Gasteiger partial charge in [0, 0.05) is 0 Å². The molecule has 0 saturated heterocycles. The fraction of sp³-hybridized carbons (Fsp3) is 0.212. The molecule has 2 unspecified atom stereocenters. The molecule has 38 heavy (non-hydrogen) atoms. The Kier molecular flexibility index (Phi) is 5.07. The molecular formula is C33H26O5. The van der Waals surface area contributed by atoms with E-state index in [9.17, 15) is 9.59 Å². The maximum absolute atomic E-state index is 13.7. The maximum atomic E-state index is 13.7. The Morgan fingerprint density at radius 2 is 1.03 bits per heavy atom. The third kappa shape index (κ3) is 3.09. The Bertz CT molecular complexity index is 1770. The van der Waals surface area contributed by atoms with Crippen LogP contribution in [0.4, 0.5) is 0 Å². The first-order valence-electron chi connectivity index (χ1n) is 13.1. The molecule has 0 fully saturated rings. The fourth-order valence-electron chi connectivity index (χ4n) is 6.30. The molecule has 0 amide bonds. The van der Waals surface area contributed by atoms with Crippen LogP contribution in [0.25, 0.3) is 32.3 Å². The van der Waals surface area contributed by atoms with Crippen molar-refractivity contribution in [2.45, 2.75) is 31.5 Å². The van der Waals surface area contributed by atoms with Gasteiger partial charge in [-0.3, -0.25) is 0 Å². The van der Waals surface area contributed by atoms with Gasteiger partial charge in [0.2, 0.25) is 0 Å². The lowest BCUT2D eigenvalue weighted by Gasteiger charge is -2.49. The number of ether oxygens (including phenoxy) is 3. The van der Waals surface area contributed by atoms with E-state index in [1.165, 1.54) is 0 Å². The number of carbonyl (C=O) groups is 2. The molecule has 0 N–H and O–H groups in total. The van der Waals surface area contributed by atoms with Gasteiger partial charge in [0.05, 0.1) is 19.1 Å². The van der Waals surface area contributed by atoms with Gasteiger partial charge in [0.25, 0.3) is 5.60 Å². The van der Waals surface area contributed by atoms with Crippen LogP contribution >= 0.6 is 0 Å². The second-order valence-corrected chi connectivity index (χ2v) is 9.96. The van der Waals surface area contributed by atoms with Crippen molar-refractivity contribution in [1.29, 1.82) is 0 Å². The molecule has 2 aliphatic heterocycles. The van der Waals surface area contributed by atoms with Crippen LogP contribution in [-0.2, 0) is 23.8 Å². The largest absolute Gasteiger partial charge is 0.463 e. The predicted octanol–water partition coefficient (Wildman–Crippen LogP) is 6.58. The number of rotatable bonds is 4. The summed E-state index contributed by atoms with van der Waals surface area (Å²) in [6.45, 7) is 3.71. The molecule has 2 bridgehead atoms. The van der Waals surface area contributed by atoms with Gasteiger partial charge in [-0.15, -0.1) is 0 Å². The minimum absolute atomic E-state index is 0.127. The van der Waals surface area contributed by atoms with E-state index < -0.39 is 29.6 Å². The zero-order valence-corrected chi connectivity index (χ0v) is 21.2. The van der Waals surface area contributed by atoms with Gasteiger partial charge >= 0.3 is 11.9 Å². The normalized spacial score (nSPS) is 18.8. The fourth-order valence-corrected chi connectivity index (χ4v) is 6.30. The van der Waals surface area contributed by atoms with E-state index in [0.717, 1.165) is 54.6 Å². The molecule has 5 heteroatoms. The summed E-state index contributed by atoms with van der Waals surface area (Å²) in [5.74, 6) is -2.14. The third-order valence-corrected chi connectivity index (χ3v) is 7.91. The Balaban J connectivity index is 1.56. The SMILES string of the molecule is CCOC(=O)C1(C(=O)OCC)OC2c3cc4ccccc4cc3C1c1cc3cc4ccccc4cc3cc12. The molecule has 5 aromatic carbocycles. The smallest absolute Gasteiger partial charge is 0.351 e. The van der Waals surface area contributed by atoms with Gasteiger partial charge in [0.1, 0.15) is 6.10 Å². The molecule has 0 radical (unpaired) electrons. The summed E-state index contributed by atoms with van der Waals surface area (Å²) in [5.41, 5.74) is 1.79. The molecule has 8 rings (SSSR count). The van der Waals surface area contributed by atoms with E-state index in [2.05, 4.69) is 54.6 Å².